The molecule has 0 aliphatic carbocycles. The highest BCUT2D eigenvalue weighted by Crippen LogP contribution is 2.31. The minimum absolute atomic E-state index is 0.294. The second-order valence-electron chi connectivity index (χ2n) is 4.59. The highest BCUT2D eigenvalue weighted by Gasteiger charge is 2.23. The molecule has 2 atom stereocenters. The maximum absolute atomic E-state index is 11.0. The normalized spacial score (nSPS) is 14.1. The fourth-order valence-electron chi connectivity index (χ4n) is 2.21. The molecule has 2 aromatic rings. The summed E-state index contributed by atoms with van der Waals surface area (Å²) in [6.45, 7) is 1.82. The average molecular weight is 259 g/mol. The van der Waals surface area contributed by atoms with Crippen LogP contribution >= 0.6 is 0 Å². The lowest BCUT2D eigenvalue weighted by molar-refractivity contribution is -0.138. The van der Waals surface area contributed by atoms with Crippen LogP contribution in [0.25, 0.3) is 10.8 Å². The number of methoxy groups -OCH3 is 1. The molecule has 0 bridgehead atoms. The summed E-state index contributed by atoms with van der Waals surface area (Å²) in [6.07, 6.45) is 0. The Morgan fingerprint density at radius 3 is 2.63 bits per heavy atom. The molecular weight excluding hydrogens is 242 g/mol. The molecule has 0 aromatic heterocycles. The van der Waals surface area contributed by atoms with E-state index in [1.165, 1.54) is 0 Å². The topological polar surface area (TPSA) is 72.5 Å². The molecule has 0 aliphatic heterocycles. The van der Waals surface area contributed by atoms with E-state index in [2.05, 4.69) is 0 Å². The molecule has 4 nitrogen and oxygen atoms in total. The second-order valence-corrected chi connectivity index (χ2v) is 4.59. The summed E-state index contributed by atoms with van der Waals surface area (Å²) in [5.41, 5.74) is 6.63. The first kappa shape index (κ1) is 13.4. The van der Waals surface area contributed by atoms with E-state index >= 15 is 0 Å². The molecule has 0 saturated carbocycles. The van der Waals surface area contributed by atoms with Crippen molar-refractivity contribution in [1.29, 1.82) is 0 Å². The predicted octanol–water partition coefficient (Wildman–Crippen LogP) is 2.36. The number of carboxylic acids is 1. The van der Waals surface area contributed by atoms with Crippen molar-refractivity contribution in [3.8, 4) is 5.75 Å². The lowest BCUT2D eigenvalue weighted by Crippen LogP contribution is -2.35. The van der Waals surface area contributed by atoms with Crippen LogP contribution < -0.4 is 10.5 Å². The number of carbonyl (C=O) groups is 1. The molecule has 0 amide bonds. The molecule has 100 valence electrons. The first-order valence-corrected chi connectivity index (χ1v) is 6.09. The van der Waals surface area contributed by atoms with Gasteiger partial charge in [-0.25, -0.2) is 0 Å². The van der Waals surface area contributed by atoms with Gasteiger partial charge in [-0.2, -0.15) is 0 Å². The molecule has 2 rings (SSSR count). The van der Waals surface area contributed by atoms with Gasteiger partial charge in [0.05, 0.1) is 7.11 Å². The molecule has 2 aromatic carbocycles. The SMILES string of the molecule is COc1cc([C@H](C)[C@H](N)C(=O)O)c2ccccc2c1. The Balaban J connectivity index is 2.60. The molecule has 4 heteroatoms. The number of hydrogen-bond donors (Lipinski definition) is 2. The van der Waals surface area contributed by atoms with Crippen molar-refractivity contribution in [3.63, 3.8) is 0 Å². The Hall–Kier alpha value is -2.07. The van der Waals surface area contributed by atoms with Crippen molar-refractivity contribution in [2.24, 2.45) is 5.73 Å². The van der Waals surface area contributed by atoms with Crippen molar-refractivity contribution in [2.45, 2.75) is 18.9 Å². The van der Waals surface area contributed by atoms with Crippen LogP contribution in [0.2, 0.25) is 0 Å². The third-order valence-electron chi connectivity index (χ3n) is 3.42. The van der Waals surface area contributed by atoms with E-state index < -0.39 is 12.0 Å². The maximum atomic E-state index is 11.0. The summed E-state index contributed by atoms with van der Waals surface area (Å²) in [7, 11) is 1.59. The fraction of sp³-hybridized carbons (Fsp3) is 0.267. The summed E-state index contributed by atoms with van der Waals surface area (Å²) >= 11 is 0. The predicted molar refractivity (Wildman–Crippen MR) is 74.5 cm³/mol. The zero-order chi connectivity index (χ0) is 14.0. The van der Waals surface area contributed by atoms with Gasteiger partial charge in [-0.3, -0.25) is 4.79 Å². The Morgan fingerprint density at radius 2 is 2.00 bits per heavy atom. The summed E-state index contributed by atoms with van der Waals surface area (Å²) in [5, 5.41) is 11.1. The number of carboxylic acid groups (broad SMARTS) is 1. The number of ether oxygens (including phenoxy) is 1. The zero-order valence-corrected chi connectivity index (χ0v) is 11.0. The van der Waals surface area contributed by atoms with Crippen molar-refractivity contribution < 1.29 is 14.6 Å². The largest absolute Gasteiger partial charge is 0.497 e. The van der Waals surface area contributed by atoms with Gasteiger partial charge in [-0.15, -0.1) is 0 Å². The third kappa shape index (κ3) is 2.53. The number of hydrogen-bond acceptors (Lipinski definition) is 3. The smallest absolute Gasteiger partial charge is 0.321 e. The van der Waals surface area contributed by atoms with E-state index in [9.17, 15) is 4.79 Å². The first-order valence-electron chi connectivity index (χ1n) is 6.09. The minimum atomic E-state index is -1.00. The number of aliphatic carboxylic acids is 1. The quantitative estimate of drug-likeness (QED) is 0.884. The summed E-state index contributed by atoms with van der Waals surface area (Å²) in [5.74, 6) is -0.588. The van der Waals surface area contributed by atoms with Crippen LogP contribution in [0.4, 0.5) is 0 Å². The number of nitrogens with two attached hydrogens (primary N) is 1. The van der Waals surface area contributed by atoms with Crippen LogP contribution in [0.15, 0.2) is 36.4 Å². The van der Waals surface area contributed by atoms with E-state index in [0.717, 1.165) is 16.3 Å². The molecule has 19 heavy (non-hydrogen) atoms. The Morgan fingerprint density at radius 1 is 1.32 bits per heavy atom. The van der Waals surface area contributed by atoms with Crippen molar-refractivity contribution in [2.75, 3.05) is 7.11 Å². The number of fused-ring (bicyclic) bond motifs is 1. The molecule has 0 unspecified atom stereocenters. The number of benzene rings is 2. The van der Waals surface area contributed by atoms with Gasteiger partial charge in [0, 0.05) is 5.92 Å². The van der Waals surface area contributed by atoms with Crippen molar-refractivity contribution >= 4 is 16.7 Å². The second kappa shape index (κ2) is 5.28. The molecule has 0 saturated heterocycles. The van der Waals surface area contributed by atoms with Gasteiger partial charge in [0.15, 0.2) is 0 Å². The molecule has 3 N–H and O–H groups in total. The van der Waals surface area contributed by atoms with E-state index in [-0.39, 0.29) is 5.92 Å². The Bertz CT molecular complexity index is 609. The lowest BCUT2D eigenvalue weighted by Gasteiger charge is -2.19. The van der Waals surface area contributed by atoms with E-state index in [0.29, 0.717) is 5.75 Å². The molecule has 0 radical (unpaired) electrons. The maximum Gasteiger partial charge on any atom is 0.321 e. The van der Waals surface area contributed by atoms with Crippen LogP contribution in [0.5, 0.6) is 5.75 Å². The first-order chi connectivity index (χ1) is 9.04. The van der Waals surface area contributed by atoms with E-state index in [4.69, 9.17) is 15.6 Å². The van der Waals surface area contributed by atoms with Crippen LogP contribution in [-0.4, -0.2) is 24.2 Å². The van der Waals surface area contributed by atoms with Gasteiger partial charge in [0.25, 0.3) is 0 Å². The standard InChI is InChI=1S/C15H17NO3/c1-9(14(16)15(17)18)13-8-11(19-2)7-10-5-3-4-6-12(10)13/h3-9,14H,16H2,1-2H3,(H,17,18)/t9-,14-/m0/s1. The average Bonchev–Trinajstić information content (AvgIpc) is 2.44. The van der Waals surface area contributed by atoms with Crippen molar-refractivity contribution in [1.82, 2.24) is 0 Å². The van der Waals surface area contributed by atoms with Crippen LogP contribution in [0, 0.1) is 0 Å². The van der Waals surface area contributed by atoms with E-state index in [1.54, 1.807) is 7.11 Å². The lowest BCUT2D eigenvalue weighted by atomic mass is 9.89. The molecular formula is C15H17NO3. The molecule has 0 heterocycles. The molecule has 0 spiro atoms. The summed E-state index contributed by atoms with van der Waals surface area (Å²) < 4.78 is 5.27. The summed E-state index contributed by atoms with van der Waals surface area (Å²) in [4.78, 5) is 11.0. The van der Waals surface area contributed by atoms with Crippen molar-refractivity contribution in [3.05, 3.63) is 42.0 Å². The molecule has 0 fully saturated rings. The Labute approximate surface area is 111 Å². The minimum Gasteiger partial charge on any atom is -0.497 e. The van der Waals surface area contributed by atoms with Gasteiger partial charge in [0.1, 0.15) is 11.8 Å². The van der Waals surface area contributed by atoms with E-state index in [1.807, 2.05) is 43.3 Å². The van der Waals surface area contributed by atoms with Crippen LogP contribution in [-0.2, 0) is 4.79 Å². The number of rotatable bonds is 4. The van der Waals surface area contributed by atoms with Gasteiger partial charge in [-0.1, -0.05) is 31.2 Å². The summed E-state index contributed by atoms with van der Waals surface area (Å²) in [6, 6.07) is 10.7. The molecule has 0 aliphatic rings. The van der Waals surface area contributed by atoms with Crippen LogP contribution in [0.3, 0.4) is 0 Å². The highest BCUT2D eigenvalue weighted by molar-refractivity contribution is 5.88. The Kier molecular flexibility index (Phi) is 3.71. The highest BCUT2D eigenvalue weighted by atomic mass is 16.5. The zero-order valence-electron chi connectivity index (χ0n) is 11.0. The van der Waals surface area contributed by atoms with Crippen LogP contribution in [0.1, 0.15) is 18.4 Å². The van der Waals surface area contributed by atoms with Gasteiger partial charge in [-0.05, 0) is 28.5 Å². The van der Waals surface area contributed by atoms with Gasteiger partial charge >= 0.3 is 5.97 Å². The van der Waals surface area contributed by atoms with Gasteiger partial charge in [0.2, 0.25) is 0 Å². The monoisotopic (exact) mass is 259 g/mol. The fourth-order valence-corrected chi connectivity index (χ4v) is 2.21. The third-order valence-corrected chi connectivity index (χ3v) is 3.42. The van der Waals surface area contributed by atoms with Gasteiger partial charge < -0.3 is 15.6 Å².